The summed E-state index contributed by atoms with van der Waals surface area (Å²) in [6.45, 7) is 4.15. The highest BCUT2D eigenvalue weighted by Crippen LogP contribution is 2.47. The summed E-state index contributed by atoms with van der Waals surface area (Å²) in [5.41, 5.74) is 1.93. The number of hydrazone groups is 1. The van der Waals surface area contributed by atoms with Gasteiger partial charge in [0.05, 0.1) is 16.6 Å². The minimum atomic E-state index is -0.426. The number of hydrogen-bond donors (Lipinski definition) is 0. The van der Waals surface area contributed by atoms with Gasteiger partial charge in [-0.1, -0.05) is 22.0 Å². The molecule has 108 valence electrons. The second-order valence-electron chi connectivity index (χ2n) is 5.82. The van der Waals surface area contributed by atoms with E-state index in [2.05, 4.69) is 58.4 Å². The Balaban J connectivity index is 1.80. The zero-order valence-electron chi connectivity index (χ0n) is 11.8. The summed E-state index contributed by atoms with van der Waals surface area (Å²) < 4.78 is 7.23. The number of halogens is 1. The molecule has 3 heterocycles. The van der Waals surface area contributed by atoms with Gasteiger partial charge in [0, 0.05) is 16.5 Å². The second-order valence-corrected chi connectivity index (χ2v) is 7.68. The van der Waals surface area contributed by atoms with Crippen molar-refractivity contribution >= 4 is 33.0 Å². The fraction of sp³-hybridized carbons (Fsp3) is 0.312. The average molecular weight is 363 g/mol. The van der Waals surface area contributed by atoms with Gasteiger partial charge in [-0.25, -0.2) is 5.01 Å². The molecule has 0 saturated carbocycles. The smallest absolute Gasteiger partial charge is 0.192 e. The van der Waals surface area contributed by atoms with Crippen LogP contribution in [0.15, 0.2) is 45.3 Å². The van der Waals surface area contributed by atoms with Crippen LogP contribution >= 0.6 is 27.3 Å². The minimum Gasteiger partial charge on any atom is -0.467 e. The highest BCUT2D eigenvalue weighted by Gasteiger charge is 2.44. The first-order chi connectivity index (χ1) is 10.0. The molecule has 0 saturated heterocycles. The number of benzene rings is 1. The van der Waals surface area contributed by atoms with Crippen molar-refractivity contribution in [1.82, 2.24) is 5.01 Å². The van der Waals surface area contributed by atoms with E-state index in [0.29, 0.717) is 0 Å². The van der Waals surface area contributed by atoms with E-state index in [9.17, 15) is 0 Å². The molecule has 1 atom stereocenters. The Morgan fingerprint density at radius 1 is 1.38 bits per heavy atom. The van der Waals surface area contributed by atoms with Gasteiger partial charge in [0.2, 0.25) is 0 Å². The van der Waals surface area contributed by atoms with Gasteiger partial charge >= 0.3 is 0 Å². The van der Waals surface area contributed by atoms with Crippen molar-refractivity contribution in [1.29, 1.82) is 0 Å². The SMILES string of the molecule is CC1(C)Oc2ccc(Br)cc2[C@H]2CC(c3cccs3)=NN21. The number of thiophene rings is 1. The summed E-state index contributed by atoms with van der Waals surface area (Å²) in [6, 6.07) is 10.7. The molecule has 0 amide bonds. The molecule has 0 spiro atoms. The fourth-order valence-electron chi connectivity index (χ4n) is 3.03. The Morgan fingerprint density at radius 2 is 2.24 bits per heavy atom. The second kappa shape index (κ2) is 4.58. The molecule has 0 radical (unpaired) electrons. The van der Waals surface area contributed by atoms with Gasteiger partial charge in [0.25, 0.3) is 0 Å². The van der Waals surface area contributed by atoms with Gasteiger partial charge in [0.15, 0.2) is 5.72 Å². The van der Waals surface area contributed by atoms with Crippen LogP contribution in [0.3, 0.4) is 0 Å². The largest absolute Gasteiger partial charge is 0.467 e. The quantitative estimate of drug-likeness (QED) is 0.728. The molecule has 4 rings (SSSR count). The van der Waals surface area contributed by atoms with Crippen molar-refractivity contribution < 1.29 is 4.74 Å². The van der Waals surface area contributed by atoms with Crippen molar-refractivity contribution in [2.45, 2.75) is 32.0 Å². The lowest BCUT2D eigenvalue weighted by Crippen LogP contribution is -2.48. The fourth-order valence-corrected chi connectivity index (χ4v) is 4.13. The van der Waals surface area contributed by atoms with Crippen LogP contribution in [0.25, 0.3) is 0 Å². The van der Waals surface area contributed by atoms with Gasteiger partial charge in [0.1, 0.15) is 5.75 Å². The van der Waals surface area contributed by atoms with Crippen LogP contribution in [0.5, 0.6) is 5.75 Å². The average Bonchev–Trinajstić information content (AvgIpc) is 3.07. The van der Waals surface area contributed by atoms with E-state index in [1.54, 1.807) is 11.3 Å². The van der Waals surface area contributed by atoms with Crippen molar-refractivity contribution in [3.05, 3.63) is 50.6 Å². The van der Waals surface area contributed by atoms with Crippen LogP contribution in [-0.2, 0) is 0 Å². The molecule has 3 nitrogen and oxygen atoms in total. The van der Waals surface area contributed by atoms with Gasteiger partial charge in [-0.3, -0.25) is 0 Å². The summed E-state index contributed by atoms with van der Waals surface area (Å²) >= 11 is 5.30. The molecule has 0 N–H and O–H groups in total. The maximum absolute atomic E-state index is 6.16. The molecule has 1 aromatic heterocycles. The third-order valence-electron chi connectivity index (χ3n) is 3.96. The molecule has 0 unspecified atom stereocenters. The standard InChI is InChI=1S/C16H15BrN2OS/c1-16(2)19-13(9-12(18-19)15-4-3-7-21-15)11-8-10(17)5-6-14(11)20-16/h3-8,13H,9H2,1-2H3/t13-/m1/s1. The predicted octanol–water partition coefficient (Wildman–Crippen LogP) is 4.79. The van der Waals surface area contributed by atoms with Crippen molar-refractivity contribution in [2.24, 2.45) is 5.10 Å². The molecule has 21 heavy (non-hydrogen) atoms. The Labute approximate surface area is 136 Å². The Hall–Kier alpha value is -1.33. The number of ether oxygens (including phenoxy) is 1. The summed E-state index contributed by atoms with van der Waals surface area (Å²) in [6.07, 6.45) is 0.927. The van der Waals surface area contributed by atoms with Crippen molar-refractivity contribution in [3.8, 4) is 5.75 Å². The topological polar surface area (TPSA) is 24.8 Å². The lowest BCUT2D eigenvalue weighted by Gasteiger charge is -2.43. The molecular weight excluding hydrogens is 348 g/mol. The van der Waals surface area contributed by atoms with E-state index in [0.717, 1.165) is 22.4 Å². The van der Waals surface area contributed by atoms with E-state index in [-0.39, 0.29) is 6.04 Å². The van der Waals surface area contributed by atoms with Crippen LogP contribution < -0.4 is 4.74 Å². The molecule has 2 aromatic rings. The summed E-state index contributed by atoms with van der Waals surface area (Å²) in [7, 11) is 0. The lowest BCUT2D eigenvalue weighted by atomic mass is 9.97. The number of hydrogen-bond acceptors (Lipinski definition) is 4. The molecule has 0 fully saturated rings. The van der Waals surface area contributed by atoms with Crippen LogP contribution in [0.1, 0.15) is 36.8 Å². The van der Waals surface area contributed by atoms with Crippen molar-refractivity contribution in [3.63, 3.8) is 0 Å². The highest BCUT2D eigenvalue weighted by molar-refractivity contribution is 9.10. The molecule has 1 aromatic carbocycles. The molecule has 2 aliphatic rings. The van der Waals surface area contributed by atoms with Gasteiger partial charge in [-0.15, -0.1) is 11.3 Å². The summed E-state index contributed by atoms with van der Waals surface area (Å²) in [5, 5.41) is 9.06. The number of fused-ring (bicyclic) bond motifs is 3. The predicted molar refractivity (Wildman–Crippen MR) is 88.9 cm³/mol. The van der Waals surface area contributed by atoms with Gasteiger partial charge < -0.3 is 4.74 Å². The number of nitrogens with zero attached hydrogens (tertiary/aromatic N) is 2. The monoisotopic (exact) mass is 362 g/mol. The first-order valence-corrected chi connectivity index (χ1v) is 8.61. The van der Waals surface area contributed by atoms with Crippen LogP contribution in [0.2, 0.25) is 0 Å². The third-order valence-corrected chi connectivity index (χ3v) is 5.37. The third kappa shape index (κ3) is 2.10. The summed E-state index contributed by atoms with van der Waals surface area (Å²) in [4.78, 5) is 1.25. The van der Waals surface area contributed by atoms with E-state index >= 15 is 0 Å². The molecule has 0 aliphatic carbocycles. The first-order valence-electron chi connectivity index (χ1n) is 6.94. The van der Waals surface area contributed by atoms with Crippen LogP contribution in [0.4, 0.5) is 0 Å². The Kier molecular flexibility index (Phi) is 2.91. The first kappa shape index (κ1) is 13.3. The van der Waals surface area contributed by atoms with E-state index in [4.69, 9.17) is 9.84 Å². The molecular formula is C16H15BrN2OS. The maximum atomic E-state index is 6.16. The van der Waals surface area contributed by atoms with E-state index in [1.165, 1.54) is 10.4 Å². The van der Waals surface area contributed by atoms with Gasteiger partial charge in [-0.2, -0.15) is 5.10 Å². The Bertz CT molecular complexity index is 724. The zero-order chi connectivity index (χ0) is 14.6. The summed E-state index contributed by atoms with van der Waals surface area (Å²) in [5.74, 6) is 0.965. The van der Waals surface area contributed by atoms with Gasteiger partial charge in [-0.05, 0) is 43.5 Å². The molecule has 0 bridgehead atoms. The number of rotatable bonds is 1. The Morgan fingerprint density at radius 3 is 3.00 bits per heavy atom. The molecule has 5 heteroatoms. The van der Waals surface area contributed by atoms with E-state index in [1.807, 2.05) is 12.1 Å². The van der Waals surface area contributed by atoms with Crippen LogP contribution in [-0.4, -0.2) is 16.4 Å². The normalized spacial score (nSPS) is 22.3. The highest BCUT2D eigenvalue weighted by atomic mass is 79.9. The lowest BCUT2D eigenvalue weighted by molar-refractivity contribution is -0.0911. The van der Waals surface area contributed by atoms with Crippen LogP contribution in [0, 0.1) is 0 Å². The van der Waals surface area contributed by atoms with E-state index < -0.39 is 5.72 Å². The maximum Gasteiger partial charge on any atom is 0.192 e. The van der Waals surface area contributed by atoms with Crippen molar-refractivity contribution in [2.75, 3.05) is 0 Å². The minimum absolute atomic E-state index is 0.248. The molecule has 2 aliphatic heterocycles. The zero-order valence-corrected chi connectivity index (χ0v) is 14.2.